The Kier molecular flexibility index (Phi) is 4.96. The van der Waals surface area contributed by atoms with Gasteiger partial charge >= 0.3 is 11.9 Å². The number of hydrogen-bond donors (Lipinski definition) is 0. The summed E-state index contributed by atoms with van der Waals surface area (Å²) in [5.74, 6) is -0.594. The largest absolute Gasteiger partial charge is 0.482 e. The second-order valence-electron chi connectivity index (χ2n) is 3.03. The van der Waals surface area contributed by atoms with Crippen LogP contribution in [-0.4, -0.2) is 32.8 Å². The minimum absolute atomic E-state index is 0.215. The molecule has 0 amide bonds. The summed E-state index contributed by atoms with van der Waals surface area (Å²) >= 11 is 3.23. The molecule has 17 heavy (non-hydrogen) atoms. The van der Waals surface area contributed by atoms with Crippen molar-refractivity contribution in [2.75, 3.05) is 20.8 Å². The fourth-order valence-corrected chi connectivity index (χ4v) is 1.56. The smallest absolute Gasteiger partial charge is 0.343 e. The average molecular weight is 303 g/mol. The van der Waals surface area contributed by atoms with E-state index in [1.807, 2.05) is 0 Å². The molecule has 0 aromatic heterocycles. The third-order valence-electron chi connectivity index (χ3n) is 1.88. The van der Waals surface area contributed by atoms with E-state index in [1.54, 1.807) is 12.1 Å². The van der Waals surface area contributed by atoms with Gasteiger partial charge in [0, 0.05) is 4.47 Å². The van der Waals surface area contributed by atoms with Gasteiger partial charge in [-0.15, -0.1) is 0 Å². The second kappa shape index (κ2) is 6.24. The van der Waals surface area contributed by atoms with Crippen molar-refractivity contribution in [2.24, 2.45) is 0 Å². The zero-order valence-corrected chi connectivity index (χ0v) is 10.9. The number of carbonyl (C=O) groups is 2. The first-order chi connectivity index (χ1) is 8.06. The van der Waals surface area contributed by atoms with Crippen molar-refractivity contribution in [3.63, 3.8) is 0 Å². The van der Waals surface area contributed by atoms with Gasteiger partial charge in [0.2, 0.25) is 0 Å². The molecule has 1 aromatic carbocycles. The lowest BCUT2D eigenvalue weighted by Gasteiger charge is -2.07. The van der Waals surface area contributed by atoms with Crippen LogP contribution in [0.3, 0.4) is 0 Å². The molecule has 0 bridgehead atoms. The first-order valence-electron chi connectivity index (χ1n) is 4.65. The lowest BCUT2D eigenvalue weighted by molar-refractivity contribution is -0.142. The molecule has 0 unspecified atom stereocenters. The van der Waals surface area contributed by atoms with Crippen LogP contribution in [0, 0.1) is 0 Å². The molecule has 0 aliphatic rings. The molecule has 1 rings (SSSR count). The number of benzene rings is 1. The monoisotopic (exact) mass is 302 g/mol. The van der Waals surface area contributed by atoms with Crippen LogP contribution in [0.1, 0.15) is 10.4 Å². The Morgan fingerprint density at radius 3 is 2.47 bits per heavy atom. The standard InChI is InChI=1S/C11H11BrO5/c1-15-10(13)6-17-9-4-7(11(14)16-2)3-8(12)5-9/h3-5H,6H2,1-2H3. The maximum Gasteiger partial charge on any atom is 0.343 e. The van der Waals surface area contributed by atoms with E-state index in [1.165, 1.54) is 20.3 Å². The molecule has 0 radical (unpaired) electrons. The fourth-order valence-electron chi connectivity index (χ4n) is 1.08. The summed E-state index contributed by atoms with van der Waals surface area (Å²) in [4.78, 5) is 22.2. The van der Waals surface area contributed by atoms with Gasteiger partial charge < -0.3 is 14.2 Å². The molecule has 0 atom stereocenters. The number of ether oxygens (including phenoxy) is 3. The molecule has 0 saturated carbocycles. The van der Waals surface area contributed by atoms with Crippen LogP contribution >= 0.6 is 15.9 Å². The number of halogens is 1. The highest BCUT2D eigenvalue weighted by Gasteiger charge is 2.09. The summed E-state index contributed by atoms with van der Waals surface area (Å²) in [6.07, 6.45) is 0. The van der Waals surface area contributed by atoms with E-state index in [0.29, 0.717) is 15.8 Å². The number of hydrogen-bond acceptors (Lipinski definition) is 5. The number of rotatable bonds is 4. The minimum Gasteiger partial charge on any atom is -0.482 e. The maximum atomic E-state index is 11.3. The molecule has 1 aromatic rings. The Morgan fingerprint density at radius 2 is 1.88 bits per heavy atom. The van der Waals surface area contributed by atoms with Gasteiger partial charge in [-0.05, 0) is 18.2 Å². The summed E-state index contributed by atoms with van der Waals surface area (Å²) in [6, 6.07) is 4.71. The second-order valence-corrected chi connectivity index (χ2v) is 3.95. The zero-order chi connectivity index (χ0) is 12.8. The van der Waals surface area contributed by atoms with Crippen LogP contribution < -0.4 is 4.74 Å². The molecule has 0 fully saturated rings. The van der Waals surface area contributed by atoms with Crippen molar-refractivity contribution in [2.45, 2.75) is 0 Å². The summed E-state index contributed by atoms with van der Waals surface area (Å²) < 4.78 is 14.8. The molecule has 0 saturated heterocycles. The molecule has 0 aliphatic heterocycles. The first-order valence-corrected chi connectivity index (χ1v) is 5.44. The topological polar surface area (TPSA) is 61.8 Å². The van der Waals surface area contributed by atoms with Gasteiger partial charge in [-0.25, -0.2) is 9.59 Å². The highest BCUT2D eigenvalue weighted by atomic mass is 79.9. The van der Waals surface area contributed by atoms with Crippen molar-refractivity contribution < 1.29 is 23.8 Å². The van der Waals surface area contributed by atoms with Crippen molar-refractivity contribution in [3.05, 3.63) is 28.2 Å². The molecule has 0 N–H and O–H groups in total. The number of carbonyl (C=O) groups excluding carboxylic acids is 2. The summed E-state index contributed by atoms with van der Waals surface area (Å²) in [7, 11) is 2.56. The summed E-state index contributed by atoms with van der Waals surface area (Å²) in [5, 5.41) is 0. The van der Waals surface area contributed by atoms with E-state index in [9.17, 15) is 9.59 Å². The number of methoxy groups -OCH3 is 2. The SMILES string of the molecule is COC(=O)COc1cc(Br)cc(C(=O)OC)c1. The Labute approximate surface area is 107 Å². The quantitative estimate of drug-likeness (QED) is 0.794. The first kappa shape index (κ1) is 13.5. The summed E-state index contributed by atoms with van der Waals surface area (Å²) in [6.45, 7) is -0.215. The van der Waals surface area contributed by atoms with Crippen LogP contribution in [0.15, 0.2) is 22.7 Å². The molecule has 0 heterocycles. The van der Waals surface area contributed by atoms with Crippen molar-refractivity contribution in [1.82, 2.24) is 0 Å². The fraction of sp³-hybridized carbons (Fsp3) is 0.273. The van der Waals surface area contributed by atoms with Gasteiger partial charge in [0.05, 0.1) is 19.8 Å². The Hall–Kier alpha value is -1.56. The molecule has 6 heteroatoms. The highest BCUT2D eigenvalue weighted by Crippen LogP contribution is 2.22. The predicted octanol–water partition coefficient (Wildman–Crippen LogP) is 1.79. The van der Waals surface area contributed by atoms with Crippen molar-refractivity contribution in [3.8, 4) is 5.75 Å². The molecular weight excluding hydrogens is 292 g/mol. The van der Waals surface area contributed by atoms with Gasteiger partial charge in [-0.2, -0.15) is 0 Å². The van der Waals surface area contributed by atoms with E-state index in [-0.39, 0.29) is 6.61 Å². The van der Waals surface area contributed by atoms with E-state index >= 15 is 0 Å². The van der Waals surface area contributed by atoms with Crippen LogP contribution in [-0.2, 0) is 14.3 Å². The molecule has 92 valence electrons. The predicted molar refractivity (Wildman–Crippen MR) is 63.0 cm³/mol. The van der Waals surface area contributed by atoms with Crippen LogP contribution in [0.2, 0.25) is 0 Å². The molecule has 0 spiro atoms. The minimum atomic E-state index is -0.496. The summed E-state index contributed by atoms with van der Waals surface area (Å²) in [5.41, 5.74) is 0.335. The third-order valence-corrected chi connectivity index (χ3v) is 2.33. The van der Waals surface area contributed by atoms with Gasteiger partial charge in [-0.1, -0.05) is 15.9 Å². The Bertz CT molecular complexity index is 430. The van der Waals surface area contributed by atoms with Gasteiger partial charge in [0.15, 0.2) is 6.61 Å². The van der Waals surface area contributed by atoms with E-state index in [4.69, 9.17) is 4.74 Å². The van der Waals surface area contributed by atoms with Gasteiger partial charge in [-0.3, -0.25) is 0 Å². The van der Waals surface area contributed by atoms with Crippen LogP contribution in [0.25, 0.3) is 0 Å². The van der Waals surface area contributed by atoms with Gasteiger partial charge in [0.1, 0.15) is 5.75 Å². The van der Waals surface area contributed by atoms with E-state index < -0.39 is 11.9 Å². The van der Waals surface area contributed by atoms with Crippen molar-refractivity contribution in [1.29, 1.82) is 0 Å². The van der Waals surface area contributed by atoms with E-state index in [2.05, 4.69) is 25.4 Å². The lowest BCUT2D eigenvalue weighted by Crippen LogP contribution is -2.13. The third kappa shape index (κ3) is 4.07. The van der Waals surface area contributed by atoms with Crippen LogP contribution in [0.5, 0.6) is 5.75 Å². The van der Waals surface area contributed by atoms with Crippen LogP contribution in [0.4, 0.5) is 0 Å². The molecular formula is C11H11BrO5. The molecule has 0 aliphatic carbocycles. The highest BCUT2D eigenvalue weighted by molar-refractivity contribution is 9.10. The average Bonchev–Trinajstić information content (AvgIpc) is 2.34. The van der Waals surface area contributed by atoms with Gasteiger partial charge in [0.25, 0.3) is 0 Å². The lowest BCUT2D eigenvalue weighted by atomic mass is 10.2. The zero-order valence-electron chi connectivity index (χ0n) is 9.36. The molecule has 5 nitrogen and oxygen atoms in total. The maximum absolute atomic E-state index is 11.3. The Morgan fingerprint density at radius 1 is 1.18 bits per heavy atom. The van der Waals surface area contributed by atoms with E-state index in [0.717, 1.165) is 0 Å². The van der Waals surface area contributed by atoms with Crippen molar-refractivity contribution >= 4 is 27.9 Å². The normalized spacial score (nSPS) is 9.59. The Balaban J connectivity index is 2.82. The number of esters is 2.